The lowest BCUT2D eigenvalue weighted by molar-refractivity contribution is -0.119. The largest absolute Gasteiger partial charge is 0.380 e. The van der Waals surface area contributed by atoms with Crippen molar-refractivity contribution in [3.05, 3.63) is 52.7 Å². The number of halogens is 1. The van der Waals surface area contributed by atoms with Gasteiger partial charge in [-0.15, -0.1) is 0 Å². The Bertz CT molecular complexity index is 1000. The number of fused-ring (bicyclic) bond motifs is 1. The Labute approximate surface area is 192 Å². The third kappa shape index (κ3) is 4.72. The summed E-state index contributed by atoms with van der Waals surface area (Å²) in [6.45, 7) is 3.51. The minimum Gasteiger partial charge on any atom is -0.380 e. The molecule has 0 radical (unpaired) electrons. The number of likely N-dealkylation sites (N-methyl/N-ethyl adjacent to an activating group) is 1. The highest BCUT2D eigenvalue weighted by Crippen LogP contribution is 2.31. The van der Waals surface area contributed by atoms with E-state index in [1.807, 2.05) is 12.1 Å². The van der Waals surface area contributed by atoms with Crippen LogP contribution in [0.15, 0.2) is 36.5 Å². The number of nitrogens with one attached hydrogen (secondary N) is 2. The van der Waals surface area contributed by atoms with Crippen LogP contribution in [0.1, 0.15) is 30.5 Å². The Hall–Kier alpha value is -2.68. The fourth-order valence-electron chi connectivity index (χ4n) is 4.32. The quantitative estimate of drug-likeness (QED) is 0.733. The van der Waals surface area contributed by atoms with Crippen LogP contribution in [0.25, 0.3) is 0 Å². The highest BCUT2D eigenvalue weighted by molar-refractivity contribution is 6.30. The van der Waals surface area contributed by atoms with Gasteiger partial charge in [0, 0.05) is 44.5 Å². The number of anilines is 2. The highest BCUT2D eigenvalue weighted by atomic mass is 35.5. The van der Waals surface area contributed by atoms with Gasteiger partial charge in [0.15, 0.2) is 0 Å². The molecule has 3 atom stereocenters. The number of hydrogen-bond acceptors (Lipinski definition) is 5. The molecule has 1 aromatic heterocycles. The van der Waals surface area contributed by atoms with Gasteiger partial charge in [0.25, 0.3) is 0 Å². The normalized spacial score (nSPS) is 23.0. The van der Waals surface area contributed by atoms with Crippen LogP contribution in [0.5, 0.6) is 0 Å². The molecule has 0 bridgehead atoms. The highest BCUT2D eigenvalue weighted by Gasteiger charge is 2.40. The number of hydrogen-bond donors (Lipinski definition) is 2. The SMILES string of the molecule is CO[C@@H]1C[C@H](C(=O)Nc2ccc3c(c2)C(C)N(C)CC3)N(C(=O)Nc2ccc(Cl)cn2)C1. The topological polar surface area (TPSA) is 86.8 Å². The molecule has 9 heteroatoms. The molecular formula is C23H28ClN5O3. The van der Waals surface area contributed by atoms with Gasteiger partial charge in [-0.2, -0.15) is 0 Å². The zero-order valence-electron chi connectivity index (χ0n) is 18.5. The monoisotopic (exact) mass is 457 g/mol. The van der Waals surface area contributed by atoms with Gasteiger partial charge in [-0.1, -0.05) is 17.7 Å². The molecule has 1 aromatic carbocycles. The molecule has 0 spiro atoms. The molecule has 170 valence electrons. The van der Waals surface area contributed by atoms with Crippen molar-refractivity contribution in [2.24, 2.45) is 0 Å². The van der Waals surface area contributed by atoms with Crippen LogP contribution in [0.3, 0.4) is 0 Å². The molecule has 2 N–H and O–H groups in total. The molecule has 1 fully saturated rings. The molecule has 2 aliphatic heterocycles. The summed E-state index contributed by atoms with van der Waals surface area (Å²) in [4.78, 5) is 34.0. The number of ether oxygens (including phenoxy) is 1. The lowest BCUT2D eigenvalue weighted by Gasteiger charge is -2.32. The van der Waals surface area contributed by atoms with E-state index in [1.54, 1.807) is 19.2 Å². The van der Waals surface area contributed by atoms with E-state index in [0.29, 0.717) is 23.8 Å². The Morgan fingerprint density at radius 1 is 1.22 bits per heavy atom. The van der Waals surface area contributed by atoms with E-state index in [9.17, 15) is 9.59 Å². The summed E-state index contributed by atoms with van der Waals surface area (Å²) in [6.07, 6.45) is 2.66. The number of aromatic nitrogens is 1. The van der Waals surface area contributed by atoms with Crippen LogP contribution in [0, 0.1) is 0 Å². The number of amides is 3. The first-order valence-electron chi connectivity index (χ1n) is 10.7. The fourth-order valence-corrected chi connectivity index (χ4v) is 4.43. The molecule has 3 heterocycles. The predicted octanol–water partition coefficient (Wildman–Crippen LogP) is 3.54. The molecule has 1 unspecified atom stereocenters. The van der Waals surface area contributed by atoms with E-state index >= 15 is 0 Å². The van der Waals surface area contributed by atoms with E-state index in [0.717, 1.165) is 18.7 Å². The van der Waals surface area contributed by atoms with Crippen molar-refractivity contribution in [2.75, 3.05) is 37.9 Å². The van der Waals surface area contributed by atoms with Crippen LogP contribution in [0.2, 0.25) is 5.02 Å². The number of benzene rings is 1. The summed E-state index contributed by atoms with van der Waals surface area (Å²) in [7, 11) is 3.69. The number of pyridine rings is 1. The van der Waals surface area contributed by atoms with Crippen molar-refractivity contribution in [2.45, 2.75) is 38.0 Å². The number of likely N-dealkylation sites (tertiary alicyclic amines) is 1. The van der Waals surface area contributed by atoms with Crippen LogP contribution in [0.4, 0.5) is 16.3 Å². The third-order valence-electron chi connectivity index (χ3n) is 6.38. The van der Waals surface area contributed by atoms with Gasteiger partial charge < -0.3 is 15.0 Å². The summed E-state index contributed by atoms with van der Waals surface area (Å²) < 4.78 is 5.45. The van der Waals surface area contributed by atoms with Gasteiger partial charge >= 0.3 is 6.03 Å². The molecule has 8 nitrogen and oxygen atoms in total. The Kier molecular flexibility index (Phi) is 6.64. The molecule has 0 saturated carbocycles. The molecule has 3 amide bonds. The molecular weight excluding hydrogens is 430 g/mol. The van der Waals surface area contributed by atoms with Crippen molar-refractivity contribution >= 4 is 35.0 Å². The average Bonchev–Trinajstić information content (AvgIpc) is 3.23. The van der Waals surface area contributed by atoms with Crippen LogP contribution in [-0.2, 0) is 16.0 Å². The first kappa shape index (κ1) is 22.5. The van der Waals surface area contributed by atoms with Crippen molar-refractivity contribution in [3.8, 4) is 0 Å². The average molecular weight is 458 g/mol. The molecule has 32 heavy (non-hydrogen) atoms. The van der Waals surface area contributed by atoms with Crippen molar-refractivity contribution < 1.29 is 14.3 Å². The number of carbonyl (C=O) groups is 2. The molecule has 2 aromatic rings. The van der Waals surface area contributed by atoms with E-state index in [1.165, 1.54) is 22.2 Å². The Balaban J connectivity index is 1.48. The zero-order valence-corrected chi connectivity index (χ0v) is 19.2. The van der Waals surface area contributed by atoms with Crippen molar-refractivity contribution in [1.29, 1.82) is 0 Å². The number of nitrogens with zero attached hydrogens (tertiary/aromatic N) is 3. The lowest BCUT2D eigenvalue weighted by Crippen LogP contribution is -2.45. The van der Waals surface area contributed by atoms with E-state index < -0.39 is 12.1 Å². The smallest absolute Gasteiger partial charge is 0.323 e. The van der Waals surface area contributed by atoms with Gasteiger partial charge in [0.05, 0.1) is 11.1 Å². The second kappa shape index (κ2) is 9.44. The number of methoxy groups -OCH3 is 1. The second-order valence-corrected chi connectivity index (χ2v) is 8.80. The summed E-state index contributed by atoms with van der Waals surface area (Å²) >= 11 is 5.86. The van der Waals surface area contributed by atoms with Crippen LogP contribution >= 0.6 is 11.6 Å². The van der Waals surface area contributed by atoms with Gasteiger partial charge in [-0.25, -0.2) is 9.78 Å². The maximum absolute atomic E-state index is 13.2. The van der Waals surface area contributed by atoms with Crippen molar-refractivity contribution in [3.63, 3.8) is 0 Å². The second-order valence-electron chi connectivity index (χ2n) is 8.36. The first-order chi connectivity index (χ1) is 15.4. The summed E-state index contributed by atoms with van der Waals surface area (Å²) in [5.74, 6) is 0.132. The number of carbonyl (C=O) groups excluding carboxylic acids is 2. The summed E-state index contributed by atoms with van der Waals surface area (Å²) in [5, 5.41) is 6.21. The predicted molar refractivity (Wildman–Crippen MR) is 124 cm³/mol. The van der Waals surface area contributed by atoms with Crippen LogP contribution in [-0.4, -0.2) is 66.1 Å². The van der Waals surface area contributed by atoms with Gasteiger partial charge in [0.2, 0.25) is 5.91 Å². The van der Waals surface area contributed by atoms with Gasteiger partial charge in [-0.05, 0) is 55.8 Å². The third-order valence-corrected chi connectivity index (χ3v) is 6.60. The Morgan fingerprint density at radius 3 is 2.75 bits per heavy atom. The maximum atomic E-state index is 13.2. The minimum atomic E-state index is -0.650. The van der Waals surface area contributed by atoms with Crippen LogP contribution < -0.4 is 10.6 Å². The van der Waals surface area contributed by atoms with Gasteiger partial charge in [0.1, 0.15) is 11.9 Å². The van der Waals surface area contributed by atoms with E-state index in [-0.39, 0.29) is 18.1 Å². The Morgan fingerprint density at radius 2 is 2.03 bits per heavy atom. The molecule has 0 aliphatic carbocycles. The molecule has 1 saturated heterocycles. The number of rotatable bonds is 4. The van der Waals surface area contributed by atoms with Crippen molar-refractivity contribution in [1.82, 2.24) is 14.8 Å². The standard InChI is InChI=1S/C23H28ClN5O3/c1-14-19-10-17(6-4-15(19)8-9-28(14)2)26-22(30)20-11-18(32-3)13-29(20)23(31)27-21-7-5-16(24)12-25-21/h4-7,10,12,14,18,20H,8-9,11,13H2,1-3H3,(H,26,30)(H,25,27,31)/t14?,18-,20-/m1/s1. The van der Waals surface area contributed by atoms with E-state index in [4.69, 9.17) is 16.3 Å². The lowest BCUT2D eigenvalue weighted by atomic mass is 9.93. The zero-order chi connectivity index (χ0) is 22.8. The van der Waals surface area contributed by atoms with E-state index in [2.05, 4.69) is 40.6 Å². The molecule has 4 rings (SSSR count). The van der Waals surface area contributed by atoms with Gasteiger partial charge in [-0.3, -0.25) is 15.0 Å². The maximum Gasteiger partial charge on any atom is 0.323 e. The summed E-state index contributed by atoms with van der Waals surface area (Å²) in [6, 6.07) is 8.54. The summed E-state index contributed by atoms with van der Waals surface area (Å²) in [5.41, 5.74) is 3.27. The fraction of sp³-hybridized carbons (Fsp3) is 0.435. The molecule has 2 aliphatic rings. The number of urea groups is 1. The first-order valence-corrected chi connectivity index (χ1v) is 11.1. The minimum absolute atomic E-state index is 0.216.